The number of aryl methyl sites for hydroxylation is 1. The Labute approximate surface area is 141 Å². The summed E-state index contributed by atoms with van der Waals surface area (Å²) in [5.74, 6) is -0.144. The molecule has 1 saturated heterocycles. The zero-order chi connectivity index (χ0) is 17.1. The fourth-order valence-corrected chi connectivity index (χ4v) is 3.38. The average Bonchev–Trinajstić information content (AvgIpc) is 2.56. The van der Waals surface area contributed by atoms with Crippen LogP contribution in [-0.4, -0.2) is 35.1 Å². The van der Waals surface area contributed by atoms with Crippen LogP contribution in [0.2, 0.25) is 0 Å². The molecule has 3 heterocycles. The fraction of sp³-hybridized carbons (Fsp3) is 0.500. The number of rotatable bonds is 4. The molecule has 2 atom stereocenters. The van der Waals surface area contributed by atoms with Crippen LogP contribution >= 0.6 is 0 Å². The van der Waals surface area contributed by atoms with Gasteiger partial charge in [-0.3, -0.25) is 14.0 Å². The lowest BCUT2D eigenvalue weighted by Crippen LogP contribution is -3.12. The van der Waals surface area contributed by atoms with E-state index in [0.717, 1.165) is 37.2 Å². The van der Waals surface area contributed by atoms with Gasteiger partial charge >= 0.3 is 5.97 Å². The maximum absolute atomic E-state index is 12.3. The second-order valence-corrected chi connectivity index (χ2v) is 6.49. The van der Waals surface area contributed by atoms with Crippen molar-refractivity contribution in [3.8, 4) is 0 Å². The number of hydrogen-bond donors (Lipinski definition) is 1. The number of nitrogens with one attached hydrogen (secondary N) is 1. The largest absolute Gasteiger partial charge is 0.466 e. The molecular formula is C18H24N3O3+. The monoisotopic (exact) mass is 330 g/mol. The maximum atomic E-state index is 12.3. The minimum Gasteiger partial charge on any atom is -0.466 e. The first kappa shape index (κ1) is 16.6. The van der Waals surface area contributed by atoms with E-state index in [1.807, 2.05) is 26.0 Å². The van der Waals surface area contributed by atoms with Crippen LogP contribution in [0, 0.1) is 12.8 Å². The Morgan fingerprint density at radius 1 is 1.46 bits per heavy atom. The van der Waals surface area contributed by atoms with E-state index in [1.165, 1.54) is 4.90 Å². The third-order valence-electron chi connectivity index (χ3n) is 4.53. The van der Waals surface area contributed by atoms with Crippen LogP contribution in [0.5, 0.6) is 0 Å². The van der Waals surface area contributed by atoms with Gasteiger partial charge in [0, 0.05) is 12.3 Å². The van der Waals surface area contributed by atoms with E-state index < -0.39 is 0 Å². The molecule has 128 valence electrons. The number of carbonyl (C=O) groups is 1. The molecule has 1 aliphatic rings. The molecule has 0 bridgehead atoms. The predicted octanol–water partition coefficient (Wildman–Crippen LogP) is 0.361. The highest BCUT2D eigenvalue weighted by Gasteiger charge is 2.30. The van der Waals surface area contributed by atoms with Crippen LogP contribution in [0.25, 0.3) is 5.65 Å². The number of pyridine rings is 1. The van der Waals surface area contributed by atoms with Crippen LogP contribution in [0.15, 0.2) is 29.2 Å². The molecule has 0 saturated carbocycles. The normalized spacial score (nSPS) is 20.9. The third-order valence-corrected chi connectivity index (χ3v) is 4.53. The van der Waals surface area contributed by atoms with Crippen LogP contribution < -0.4 is 10.5 Å². The first-order valence-electron chi connectivity index (χ1n) is 8.56. The minimum atomic E-state index is -0.100. The van der Waals surface area contributed by atoms with Crippen LogP contribution in [0.3, 0.4) is 0 Å². The number of quaternary nitrogens is 1. The lowest BCUT2D eigenvalue weighted by Gasteiger charge is -2.28. The van der Waals surface area contributed by atoms with Crippen molar-refractivity contribution >= 4 is 11.6 Å². The number of esters is 1. The maximum Gasteiger partial charge on any atom is 0.314 e. The highest BCUT2D eigenvalue weighted by molar-refractivity contribution is 5.72. The Bertz CT molecular complexity index is 800. The molecule has 1 unspecified atom stereocenters. The Balaban J connectivity index is 1.76. The van der Waals surface area contributed by atoms with Crippen LogP contribution in [0.4, 0.5) is 0 Å². The van der Waals surface area contributed by atoms with Gasteiger partial charge in [0.05, 0.1) is 19.7 Å². The van der Waals surface area contributed by atoms with Gasteiger partial charge in [0.1, 0.15) is 23.8 Å². The molecule has 2 aromatic rings. The molecule has 2 aromatic heterocycles. The molecule has 3 rings (SSSR count). The van der Waals surface area contributed by atoms with Gasteiger partial charge < -0.3 is 9.64 Å². The van der Waals surface area contributed by atoms with Crippen LogP contribution in [0.1, 0.15) is 31.0 Å². The van der Waals surface area contributed by atoms with Gasteiger partial charge in [-0.05, 0) is 38.3 Å². The van der Waals surface area contributed by atoms with Gasteiger partial charge in [-0.15, -0.1) is 0 Å². The number of likely N-dealkylation sites (tertiary alicyclic amines) is 1. The second-order valence-electron chi connectivity index (χ2n) is 6.49. The summed E-state index contributed by atoms with van der Waals surface area (Å²) in [4.78, 5) is 30.1. The van der Waals surface area contributed by atoms with Crippen molar-refractivity contribution in [2.75, 3.05) is 19.7 Å². The topological polar surface area (TPSA) is 65.1 Å². The number of piperidine rings is 1. The summed E-state index contributed by atoms with van der Waals surface area (Å²) in [5.41, 5.74) is 2.42. The third kappa shape index (κ3) is 3.64. The molecule has 6 nitrogen and oxygen atoms in total. The van der Waals surface area contributed by atoms with Gasteiger partial charge in [0.2, 0.25) is 0 Å². The van der Waals surface area contributed by atoms with Crippen molar-refractivity contribution in [3.05, 3.63) is 46.0 Å². The molecule has 6 heteroatoms. The molecular weight excluding hydrogens is 306 g/mol. The van der Waals surface area contributed by atoms with E-state index in [9.17, 15) is 9.59 Å². The zero-order valence-electron chi connectivity index (χ0n) is 14.2. The van der Waals surface area contributed by atoms with Crippen molar-refractivity contribution < 1.29 is 14.4 Å². The highest BCUT2D eigenvalue weighted by atomic mass is 16.5. The van der Waals surface area contributed by atoms with Crippen molar-refractivity contribution in [1.29, 1.82) is 0 Å². The summed E-state index contributed by atoms with van der Waals surface area (Å²) < 4.78 is 6.72. The van der Waals surface area contributed by atoms with Gasteiger partial charge in [0.25, 0.3) is 5.56 Å². The number of fused-ring (bicyclic) bond motifs is 1. The number of aromatic nitrogens is 2. The first-order valence-corrected chi connectivity index (χ1v) is 8.56. The summed E-state index contributed by atoms with van der Waals surface area (Å²) >= 11 is 0. The van der Waals surface area contributed by atoms with E-state index in [4.69, 9.17) is 4.74 Å². The summed E-state index contributed by atoms with van der Waals surface area (Å²) in [6.45, 7) is 6.61. The molecule has 0 amide bonds. The first-order chi connectivity index (χ1) is 11.6. The average molecular weight is 330 g/mol. The standard InChI is InChI=1S/C18H23N3O3/c1-3-24-18(23)14-5-4-8-20(11-14)12-15-9-17(22)21-10-13(2)6-7-16(21)19-15/h6-7,9-10,14H,3-5,8,11-12H2,1-2H3/p+1/t14-/m0/s1. The molecule has 1 aliphatic heterocycles. The molecule has 0 aromatic carbocycles. The number of hydrogen-bond acceptors (Lipinski definition) is 4. The molecule has 0 aliphatic carbocycles. The molecule has 0 radical (unpaired) electrons. The van der Waals surface area contributed by atoms with E-state index >= 15 is 0 Å². The molecule has 1 fully saturated rings. The Morgan fingerprint density at radius 3 is 3.08 bits per heavy atom. The highest BCUT2D eigenvalue weighted by Crippen LogP contribution is 2.10. The second kappa shape index (κ2) is 7.13. The zero-order valence-corrected chi connectivity index (χ0v) is 14.2. The molecule has 0 spiro atoms. The fourth-order valence-electron chi connectivity index (χ4n) is 3.38. The van der Waals surface area contributed by atoms with E-state index in [0.29, 0.717) is 18.8 Å². The van der Waals surface area contributed by atoms with Crippen molar-refractivity contribution in [2.24, 2.45) is 5.92 Å². The predicted molar refractivity (Wildman–Crippen MR) is 90.0 cm³/mol. The SMILES string of the molecule is CCOC(=O)[C@H]1CCC[NH+](Cc2cc(=O)n3cc(C)ccc3n2)C1. The van der Waals surface area contributed by atoms with E-state index in [-0.39, 0.29) is 17.4 Å². The lowest BCUT2D eigenvalue weighted by molar-refractivity contribution is -0.921. The number of ether oxygens (including phenoxy) is 1. The van der Waals surface area contributed by atoms with Gasteiger partial charge in [0.15, 0.2) is 0 Å². The Hall–Kier alpha value is -2.21. The van der Waals surface area contributed by atoms with Crippen molar-refractivity contribution in [3.63, 3.8) is 0 Å². The van der Waals surface area contributed by atoms with E-state index in [1.54, 1.807) is 16.7 Å². The minimum absolute atomic E-state index is 0.0436. The van der Waals surface area contributed by atoms with Gasteiger partial charge in [-0.2, -0.15) is 0 Å². The molecule has 1 N–H and O–H groups in total. The van der Waals surface area contributed by atoms with E-state index in [2.05, 4.69) is 4.98 Å². The smallest absolute Gasteiger partial charge is 0.314 e. The number of nitrogens with zero attached hydrogens (tertiary/aromatic N) is 2. The lowest BCUT2D eigenvalue weighted by atomic mass is 9.98. The van der Waals surface area contributed by atoms with Crippen molar-refractivity contribution in [1.82, 2.24) is 9.38 Å². The van der Waals surface area contributed by atoms with Gasteiger partial charge in [-0.25, -0.2) is 4.98 Å². The Kier molecular flexibility index (Phi) is 4.94. The summed E-state index contributed by atoms with van der Waals surface area (Å²) in [6.07, 6.45) is 3.68. The van der Waals surface area contributed by atoms with Crippen LogP contribution in [-0.2, 0) is 16.1 Å². The molecule has 24 heavy (non-hydrogen) atoms. The Morgan fingerprint density at radius 2 is 2.29 bits per heavy atom. The summed E-state index contributed by atoms with van der Waals surface area (Å²) in [5, 5.41) is 0. The van der Waals surface area contributed by atoms with Crippen molar-refractivity contribution in [2.45, 2.75) is 33.2 Å². The summed E-state index contributed by atoms with van der Waals surface area (Å²) in [7, 11) is 0. The quantitative estimate of drug-likeness (QED) is 0.822. The summed E-state index contributed by atoms with van der Waals surface area (Å²) in [6, 6.07) is 5.43. The van der Waals surface area contributed by atoms with Gasteiger partial charge in [-0.1, -0.05) is 6.07 Å². The number of carbonyl (C=O) groups excluding carboxylic acids is 1.